The number of fused-ring (bicyclic) bond motifs is 1. The fraction of sp³-hybridized carbons (Fsp3) is 1.00. The summed E-state index contributed by atoms with van der Waals surface area (Å²) in [5.74, 6) is 0.913. The molecule has 1 heterocycles. The second kappa shape index (κ2) is 2.98. The van der Waals surface area contributed by atoms with Gasteiger partial charge in [-0.15, -0.1) is 0 Å². The zero-order valence-electron chi connectivity index (χ0n) is 10.4. The van der Waals surface area contributed by atoms with Gasteiger partial charge in [0.1, 0.15) is 0 Å². The average Bonchev–Trinajstić information content (AvgIpc) is 2.47. The van der Waals surface area contributed by atoms with Gasteiger partial charge in [-0.1, -0.05) is 20.8 Å². The van der Waals surface area contributed by atoms with Crippen LogP contribution < -0.4 is 0 Å². The molecule has 1 saturated heterocycles. The van der Waals surface area contributed by atoms with E-state index < -0.39 is 0 Å². The van der Waals surface area contributed by atoms with Crippen LogP contribution in [-0.4, -0.2) is 24.0 Å². The topological polar surface area (TPSA) is 3.24 Å². The van der Waals surface area contributed by atoms with Gasteiger partial charge in [0.05, 0.1) is 0 Å². The van der Waals surface area contributed by atoms with Crippen LogP contribution in [-0.2, 0) is 0 Å². The molecular formula is C13H25N. The summed E-state index contributed by atoms with van der Waals surface area (Å²) in [5.41, 5.74) is 1.17. The van der Waals surface area contributed by atoms with Crippen LogP contribution in [0, 0.1) is 16.7 Å². The smallest absolute Gasteiger partial charge is 0.00465 e. The van der Waals surface area contributed by atoms with Gasteiger partial charge in [0.2, 0.25) is 0 Å². The Morgan fingerprint density at radius 3 is 2.36 bits per heavy atom. The minimum absolute atomic E-state index is 0.581. The molecule has 0 aromatic carbocycles. The first-order valence-corrected chi connectivity index (χ1v) is 6.13. The van der Waals surface area contributed by atoms with E-state index in [4.69, 9.17) is 0 Å². The van der Waals surface area contributed by atoms with Crippen LogP contribution in [0.4, 0.5) is 0 Å². The van der Waals surface area contributed by atoms with Crippen molar-refractivity contribution in [3.63, 3.8) is 0 Å². The summed E-state index contributed by atoms with van der Waals surface area (Å²) in [6.45, 7) is 14.8. The Labute approximate surface area is 88.9 Å². The van der Waals surface area contributed by atoms with Gasteiger partial charge in [0, 0.05) is 19.1 Å². The molecule has 14 heavy (non-hydrogen) atoms. The minimum Gasteiger partial charge on any atom is -0.300 e. The lowest BCUT2D eigenvalue weighted by Gasteiger charge is -2.36. The zero-order chi connectivity index (χ0) is 10.6. The maximum atomic E-state index is 2.68. The maximum Gasteiger partial charge on any atom is 0.00465 e. The van der Waals surface area contributed by atoms with Crippen molar-refractivity contribution in [2.24, 2.45) is 16.7 Å². The third kappa shape index (κ3) is 1.18. The molecule has 0 N–H and O–H groups in total. The first kappa shape index (κ1) is 10.5. The van der Waals surface area contributed by atoms with Crippen LogP contribution in [0.1, 0.15) is 47.5 Å². The molecule has 0 aromatic rings. The van der Waals surface area contributed by atoms with E-state index in [1.807, 2.05) is 0 Å². The van der Waals surface area contributed by atoms with Crippen molar-refractivity contribution in [1.82, 2.24) is 4.90 Å². The molecule has 1 heteroatoms. The van der Waals surface area contributed by atoms with Crippen LogP contribution >= 0.6 is 0 Å². The van der Waals surface area contributed by atoms with Crippen molar-refractivity contribution in [3.8, 4) is 0 Å². The number of likely N-dealkylation sites (tertiary alicyclic amines) is 1. The van der Waals surface area contributed by atoms with Crippen LogP contribution in [0.15, 0.2) is 0 Å². The van der Waals surface area contributed by atoms with Crippen LogP contribution in [0.2, 0.25) is 0 Å². The summed E-state index contributed by atoms with van der Waals surface area (Å²) >= 11 is 0. The standard InChI is InChI=1S/C13H25N/c1-10(2)14-8-12(4)7-6-11(3)13(12,5)9-14/h10-11H,6-9H2,1-5H3/t11?,12-,13-/m1/s1. The molecule has 0 aromatic heterocycles. The lowest BCUT2D eigenvalue weighted by molar-refractivity contribution is 0.138. The summed E-state index contributed by atoms with van der Waals surface area (Å²) in [5, 5.41) is 0. The van der Waals surface area contributed by atoms with E-state index in [9.17, 15) is 0 Å². The Balaban J connectivity index is 2.24. The molecule has 82 valence electrons. The highest BCUT2D eigenvalue weighted by molar-refractivity contribution is 5.09. The summed E-state index contributed by atoms with van der Waals surface area (Å²) in [4.78, 5) is 2.68. The molecule has 2 rings (SSSR count). The molecule has 0 bridgehead atoms. The van der Waals surface area contributed by atoms with Gasteiger partial charge in [-0.05, 0) is 43.4 Å². The predicted octanol–water partition coefficient (Wildman–Crippen LogP) is 3.15. The van der Waals surface area contributed by atoms with Crippen molar-refractivity contribution in [3.05, 3.63) is 0 Å². The number of hydrogen-bond acceptors (Lipinski definition) is 1. The molecule has 0 radical (unpaired) electrons. The van der Waals surface area contributed by atoms with Crippen LogP contribution in [0.25, 0.3) is 0 Å². The first-order valence-electron chi connectivity index (χ1n) is 6.13. The van der Waals surface area contributed by atoms with Crippen molar-refractivity contribution < 1.29 is 0 Å². The molecule has 3 atom stereocenters. The van der Waals surface area contributed by atoms with E-state index in [1.165, 1.54) is 25.9 Å². The van der Waals surface area contributed by atoms with Gasteiger partial charge < -0.3 is 0 Å². The molecule has 2 aliphatic rings. The molecule has 1 nitrogen and oxygen atoms in total. The number of hydrogen-bond donors (Lipinski definition) is 0. The largest absolute Gasteiger partial charge is 0.300 e. The lowest BCUT2D eigenvalue weighted by atomic mass is 9.67. The molecule has 1 aliphatic carbocycles. The predicted molar refractivity (Wildman–Crippen MR) is 61.3 cm³/mol. The Morgan fingerprint density at radius 2 is 1.86 bits per heavy atom. The molecule has 2 fully saturated rings. The molecule has 1 saturated carbocycles. The monoisotopic (exact) mass is 195 g/mol. The van der Waals surface area contributed by atoms with Crippen molar-refractivity contribution in [1.29, 1.82) is 0 Å². The second-order valence-corrected chi connectivity index (χ2v) is 6.42. The molecule has 0 spiro atoms. The highest BCUT2D eigenvalue weighted by Crippen LogP contribution is 2.60. The summed E-state index contributed by atoms with van der Waals surface area (Å²) in [6.07, 6.45) is 2.88. The average molecular weight is 195 g/mol. The van der Waals surface area contributed by atoms with E-state index >= 15 is 0 Å². The van der Waals surface area contributed by atoms with Gasteiger partial charge in [-0.2, -0.15) is 0 Å². The molecule has 1 aliphatic heterocycles. The van der Waals surface area contributed by atoms with Gasteiger partial charge in [-0.3, -0.25) is 4.90 Å². The van der Waals surface area contributed by atoms with Crippen LogP contribution in [0.3, 0.4) is 0 Å². The summed E-state index contributed by atoms with van der Waals surface area (Å²) in [6, 6.07) is 0.724. The Kier molecular flexibility index (Phi) is 2.23. The first-order chi connectivity index (χ1) is 6.39. The Hall–Kier alpha value is -0.0400. The van der Waals surface area contributed by atoms with E-state index in [-0.39, 0.29) is 0 Å². The Bertz CT molecular complexity index is 235. The maximum absolute atomic E-state index is 2.68. The van der Waals surface area contributed by atoms with Gasteiger partial charge in [0.15, 0.2) is 0 Å². The quantitative estimate of drug-likeness (QED) is 0.621. The van der Waals surface area contributed by atoms with Crippen LogP contribution in [0.5, 0.6) is 0 Å². The zero-order valence-corrected chi connectivity index (χ0v) is 10.4. The highest BCUT2D eigenvalue weighted by atomic mass is 15.2. The summed E-state index contributed by atoms with van der Waals surface area (Å²) in [7, 11) is 0. The highest BCUT2D eigenvalue weighted by Gasteiger charge is 2.58. The SMILES string of the molecule is CC(C)N1C[C@@]2(C)CCC(C)[C@@]2(C)C1. The van der Waals surface area contributed by atoms with E-state index in [0.717, 1.165) is 12.0 Å². The minimum atomic E-state index is 0.581. The van der Waals surface area contributed by atoms with E-state index in [0.29, 0.717) is 10.8 Å². The van der Waals surface area contributed by atoms with E-state index in [2.05, 4.69) is 39.5 Å². The van der Waals surface area contributed by atoms with Crippen molar-refractivity contribution in [2.75, 3.05) is 13.1 Å². The third-order valence-electron chi connectivity index (χ3n) is 5.41. The fourth-order valence-electron chi connectivity index (χ4n) is 3.63. The lowest BCUT2D eigenvalue weighted by Crippen LogP contribution is -2.34. The molecular weight excluding hydrogens is 170 g/mol. The van der Waals surface area contributed by atoms with Gasteiger partial charge in [0.25, 0.3) is 0 Å². The normalized spacial score (nSPS) is 48.9. The molecule has 1 unspecified atom stereocenters. The van der Waals surface area contributed by atoms with Crippen molar-refractivity contribution >= 4 is 0 Å². The summed E-state index contributed by atoms with van der Waals surface area (Å²) < 4.78 is 0. The third-order valence-corrected chi connectivity index (χ3v) is 5.41. The van der Waals surface area contributed by atoms with Gasteiger partial charge in [-0.25, -0.2) is 0 Å². The van der Waals surface area contributed by atoms with Gasteiger partial charge >= 0.3 is 0 Å². The van der Waals surface area contributed by atoms with Crippen molar-refractivity contribution in [2.45, 2.75) is 53.5 Å². The Morgan fingerprint density at radius 1 is 1.21 bits per heavy atom. The number of rotatable bonds is 1. The number of nitrogens with zero attached hydrogens (tertiary/aromatic N) is 1. The van der Waals surface area contributed by atoms with E-state index in [1.54, 1.807) is 0 Å². The fourth-order valence-corrected chi connectivity index (χ4v) is 3.63. The second-order valence-electron chi connectivity index (χ2n) is 6.42. The molecule has 0 amide bonds.